The molecule has 2 rings (SSSR count). The summed E-state index contributed by atoms with van der Waals surface area (Å²) in [4.78, 5) is 16.8. The summed E-state index contributed by atoms with van der Waals surface area (Å²) in [7, 11) is 4.11. The predicted octanol–water partition coefficient (Wildman–Crippen LogP) is 1.64. The third kappa shape index (κ3) is 6.24. The van der Waals surface area contributed by atoms with Crippen LogP contribution < -0.4 is 5.32 Å². The van der Waals surface area contributed by atoms with Gasteiger partial charge in [-0.3, -0.25) is 9.69 Å². The van der Waals surface area contributed by atoms with Crippen molar-refractivity contribution in [2.45, 2.75) is 51.2 Å². The van der Waals surface area contributed by atoms with E-state index in [1.165, 1.54) is 31.3 Å². The van der Waals surface area contributed by atoms with Crippen LogP contribution in [-0.4, -0.2) is 74.7 Å². The second-order valence-electron chi connectivity index (χ2n) is 7.08. The Morgan fingerprint density at radius 1 is 1.48 bits per heavy atom. The molecule has 5 heteroatoms. The fourth-order valence-electron chi connectivity index (χ4n) is 3.40. The van der Waals surface area contributed by atoms with E-state index in [1.54, 1.807) is 0 Å². The third-order valence-electron chi connectivity index (χ3n) is 4.80. The maximum atomic E-state index is 12.4. The van der Waals surface area contributed by atoms with Crippen LogP contribution in [0.5, 0.6) is 0 Å². The number of allylic oxidation sites excluding steroid dienone is 1. The maximum Gasteiger partial charge on any atom is 0.237 e. The number of hydrogen-bond acceptors (Lipinski definition) is 4. The largest absolute Gasteiger partial charge is 0.374 e. The van der Waals surface area contributed by atoms with E-state index in [4.69, 9.17) is 4.74 Å². The van der Waals surface area contributed by atoms with Crippen molar-refractivity contribution < 1.29 is 9.53 Å². The van der Waals surface area contributed by atoms with Crippen molar-refractivity contribution in [2.24, 2.45) is 0 Å². The van der Waals surface area contributed by atoms with Gasteiger partial charge in [0.25, 0.3) is 0 Å². The lowest BCUT2D eigenvalue weighted by Crippen LogP contribution is -2.54. The molecule has 2 atom stereocenters. The van der Waals surface area contributed by atoms with E-state index in [2.05, 4.69) is 35.3 Å². The minimum Gasteiger partial charge on any atom is -0.374 e. The molecular formula is C18H33N3O2. The van der Waals surface area contributed by atoms with E-state index in [0.29, 0.717) is 6.61 Å². The Morgan fingerprint density at radius 2 is 2.30 bits per heavy atom. The molecular weight excluding hydrogens is 290 g/mol. The Bertz CT molecular complexity index is 409. The average molecular weight is 323 g/mol. The van der Waals surface area contributed by atoms with Crippen molar-refractivity contribution >= 4 is 5.91 Å². The number of amides is 1. The summed E-state index contributed by atoms with van der Waals surface area (Å²) in [5.41, 5.74) is 1.52. The van der Waals surface area contributed by atoms with E-state index >= 15 is 0 Å². The first-order valence-electron chi connectivity index (χ1n) is 9.02. The minimum atomic E-state index is -0.0797. The van der Waals surface area contributed by atoms with Crippen molar-refractivity contribution in [2.75, 3.05) is 46.9 Å². The van der Waals surface area contributed by atoms with Crippen molar-refractivity contribution in [3.8, 4) is 0 Å². The number of hydrogen-bond donors (Lipinski definition) is 1. The first-order chi connectivity index (χ1) is 11.1. The molecule has 0 unspecified atom stereocenters. The molecule has 0 aromatic carbocycles. The van der Waals surface area contributed by atoms with E-state index in [0.717, 1.165) is 32.6 Å². The van der Waals surface area contributed by atoms with Gasteiger partial charge in [0.05, 0.1) is 18.8 Å². The molecule has 1 N–H and O–H groups in total. The lowest BCUT2D eigenvalue weighted by Gasteiger charge is -2.37. The van der Waals surface area contributed by atoms with Crippen LogP contribution in [0.2, 0.25) is 0 Å². The van der Waals surface area contributed by atoms with Crippen LogP contribution in [0.4, 0.5) is 0 Å². The molecule has 23 heavy (non-hydrogen) atoms. The zero-order chi connectivity index (χ0) is 16.7. The number of carbonyl (C=O) groups excluding carboxylic acids is 1. The van der Waals surface area contributed by atoms with Gasteiger partial charge in [0.15, 0.2) is 0 Å². The maximum absolute atomic E-state index is 12.4. The van der Waals surface area contributed by atoms with Gasteiger partial charge in [-0.25, -0.2) is 0 Å². The Hall–Kier alpha value is -0.910. The Morgan fingerprint density at radius 3 is 3.00 bits per heavy atom. The molecule has 1 saturated heterocycles. The normalized spacial score (nSPS) is 24.3. The van der Waals surface area contributed by atoms with Gasteiger partial charge in [0.1, 0.15) is 0 Å². The van der Waals surface area contributed by atoms with Crippen LogP contribution in [0.25, 0.3) is 0 Å². The molecule has 1 heterocycles. The molecule has 1 aliphatic heterocycles. The van der Waals surface area contributed by atoms with Crippen molar-refractivity contribution in [3.05, 3.63) is 11.6 Å². The standard InChI is InChI=1S/C18H33N3O2/c1-15(21-11-12-23-17(14-21)13-20(2)3)18(22)19-10-9-16-7-5-4-6-8-16/h7,15,17H,4-6,8-14H2,1-3H3,(H,19,22)/t15-,17+/m1/s1. The molecule has 1 amide bonds. The van der Waals surface area contributed by atoms with Crippen molar-refractivity contribution in [1.82, 2.24) is 15.1 Å². The number of nitrogens with zero attached hydrogens (tertiary/aromatic N) is 2. The fourth-order valence-corrected chi connectivity index (χ4v) is 3.40. The number of rotatable bonds is 7. The van der Waals surface area contributed by atoms with Crippen LogP contribution in [0, 0.1) is 0 Å². The molecule has 0 aromatic rings. The summed E-state index contributed by atoms with van der Waals surface area (Å²) in [5, 5.41) is 3.11. The van der Waals surface area contributed by atoms with Crippen LogP contribution in [0.1, 0.15) is 39.0 Å². The van der Waals surface area contributed by atoms with E-state index in [-0.39, 0.29) is 18.1 Å². The third-order valence-corrected chi connectivity index (χ3v) is 4.80. The number of ether oxygens (including phenoxy) is 1. The lowest BCUT2D eigenvalue weighted by molar-refractivity contribution is -0.129. The summed E-state index contributed by atoms with van der Waals surface area (Å²) in [6.07, 6.45) is 8.59. The van der Waals surface area contributed by atoms with Crippen LogP contribution in [0.15, 0.2) is 11.6 Å². The highest BCUT2D eigenvalue weighted by molar-refractivity contribution is 5.81. The van der Waals surface area contributed by atoms with Crippen molar-refractivity contribution in [3.63, 3.8) is 0 Å². The molecule has 0 radical (unpaired) electrons. The molecule has 2 aliphatic rings. The zero-order valence-corrected chi connectivity index (χ0v) is 15.0. The summed E-state index contributed by atoms with van der Waals surface area (Å²) in [5.74, 6) is 0.145. The second-order valence-corrected chi connectivity index (χ2v) is 7.08. The fraction of sp³-hybridized carbons (Fsp3) is 0.833. The van der Waals surface area contributed by atoms with Gasteiger partial charge >= 0.3 is 0 Å². The summed E-state index contributed by atoms with van der Waals surface area (Å²) in [6.45, 7) is 6.05. The molecule has 0 spiro atoms. The number of nitrogens with one attached hydrogen (secondary N) is 1. The van der Waals surface area contributed by atoms with Gasteiger partial charge in [-0.15, -0.1) is 0 Å². The Balaban J connectivity index is 1.71. The molecule has 0 bridgehead atoms. The van der Waals surface area contributed by atoms with Crippen LogP contribution in [0.3, 0.4) is 0 Å². The average Bonchev–Trinajstić information content (AvgIpc) is 2.54. The summed E-state index contributed by atoms with van der Waals surface area (Å²) in [6, 6.07) is -0.0797. The highest BCUT2D eigenvalue weighted by Crippen LogP contribution is 2.19. The van der Waals surface area contributed by atoms with Gasteiger partial charge in [-0.2, -0.15) is 0 Å². The van der Waals surface area contributed by atoms with Crippen molar-refractivity contribution in [1.29, 1.82) is 0 Å². The summed E-state index contributed by atoms with van der Waals surface area (Å²) < 4.78 is 5.79. The molecule has 0 saturated carbocycles. The van der Waals surface area contributed by atoms with E-state index in [1.807, 2.05) is 6.92 Å². The van der Waals surface area contributed by atoms with Gasteiger partial charge in [0.2, 0.25) is 5.91 Å². The monoisotopic (exact) mass is 323 g/mol. The number of carbonyl (C=O) groups is 1. The second kappa shape index (κ2) is 9.40. The van der Waals surface area contributed by atoms with Crippen LogP contribution in [-0.2, 0) is 9.53 Å². The zero-order valence-electron chi connectivity index (χ0n) is 15.0. The van der Waals surface area contributed by atoms with E-state index < -0.39 is 0 Å². The topological polar surface area (TPSA) is 44.8 Å². The quantitative estimate of drug-likeness (QED) is 0.724. The summed E-state index contributed by atoms with van der Waals surface area (Å²) >= 11 is 0. The molecule has 0 aromatic heterocycles. The Labute approximate surface area is 141 Å². The smallest absolute Gasteiger partial charge is 0.237 e. The van der Waals surface area contributed by atoms with Gasteiger partial charge < -0.3 is 15.0 Å². The first-order valence-corrected chi connectivity index (χ1v) is 9.02. The number of likely N-dealkylation sites (N-methyl/N-ethyl adjacent to an activating group) is 1. The molecule has 132 valence electrons. The predicted molar refractivity (Wildman–Crippen MR) is 93.5 cm³/mol. The SMILES string of the molecule is C[C@H](C(=O)NCCC1=CCCCC1)N1CCO[C@@H](CN(C)C)C1. The first kappa shape index (κ1) is 18.4. The van der Waals surface area contributed by atoms with Gasteiger partial charge in [0, 0.05) is 26.2 Å². The highest BCUT2D eigenvalue weighted by Gasteiger charge is 2.27. The van der Waals surface area contributed by atoms with Gasteiger partial charge in [-0.05, 0) is 53.1 Å². The van der Waals surface area contributed by atoms with Gasteiger partial charge in [-0.1, -0.05) is 11.6 Å². The molecule has 1 fully saturated rings. The molecule has 1 aliphatic carbocycles. The van der Waals surface area contributed by atoms with Crippen LogP contribution >= 0.6 is 0 Å². The number of morpholine rings is 1. The molecule has 5 nitrogen and oxygen atoms in total. The van der Waals surface area contributed by atoms with E-state index in [9.17, 15) is 4.79 Å². The highest BCUT2D eigenvalue weighted by atomic mass is 16.5. The Kier molecular flexibility index (Phi) is 7.53. The minimum absolute atomic E-state index is 0.0797. The lowest BCUT2D eigenvalue weighted by atomic mass is 9.97.